The van der Waals surface area contributed by atoms with E-state index in [0.29, 0.717) is 37.1 Å². The van der Waals surface area contributed by atoms with Gasteiger partial charge >= 0.3 is 0 Å². The predicted octanol–water partition coefficient (Wildman–Crippen LogP) is 2.55. The molecule has 0 atom stereocenters. The van der Waals surface area contributed by atoms with Crippen molar-refractivity contribution in [1.82, 2.24) is 10.2 Å². The highest BCUT2D eigenvalue weighted by atomic mass is 16.3. The maximum Gasteiger partial charge on any atom is 0.286 e. The zero-order valence-corrected chi connectivity index (χ0v) is 13.3. The number of hydrogen-bond acceptors (Lipinski definition) is 4. The Morgan fingerprint density at radius 3 is 2.58 bits per heavy atom. The molecule has 0 unspecified atom stereocenters. The number of rotatable bonds is 5. The monoisotopic (exact) mass is 328 g/mol. The molecular weight excluding hydrogens is 308 g/mol. The lowest BCUT2D eigenvalue weighted by atomic mass is 9.96. The maximum absolute atomic E-state index is 12.1. The molecule has 0 aliphatic carbocycles. The fraction of sp³-hybridized carbons (Fsp3) is 0.333. The molecule has 2 aromatic heterocycles. The lowest BCUT2D eigenvalue weighted by molar-refractivity contribution is -0.127. The first-order chi connectivity index (χ1) is 11.7. The van der Waals surface area contributed by atoms with Gasteiger partial charge in [0.2, 0.25) is 5.91 Å². The summed E-state index contributed by atoms with van der Waals surface area (Å²) in [4.78, 5) is 25.8. The molecule has 6 heteroatoms. The summed E-state index contributed by atoms with van der Waals surface area (Å²) >= 11 is 0. The van der Waals surface area contributed by atoms with E-state index in [0.717, 1.165) is 12.8 Å². The van der Waals surface area contributed by atoms with Crippen LogP contribution in [-0.2, 0) is 4.79 Å². The lowest BCUT2D eigenvalue weighted by Crippen LogP contribution is -2.40. The largest absolute Gasteiger partial charge is 0.465 e. The standard InChI is InChI=1S/C18H20N2O4/c21-17(6-5-15-3-1-11-23-15)20-9-7-14(8-10-20)13-19-18(22)16-4-2-12-24-16/h1-6,11-12,14H,7-10,13H2,(H,19,22). The number of likely N-dealkylation sites (tertiary alicyclic amines) is 1. The number of hydrogen-bond donors (Lipinski definition) is 1. The van der Waals surface area contributed by atoms with Gasteiger partial charge in [0.25, 0.3) is 5.91 Å². The highest BCUT2D eigenvalue weighted by molar-refractivity contribution is 5.92. The first kappa shape index (κ1) is 16.1. The average molecular weight is 328 g/mol. The summed E-state index contributed by atoms with van der Waals surface area (Å²) in [6.07, 6.45) is 8.02. The molecular formula is C18H20N2O4. The van der Waals surface area contributed by atoms with Crippen molar-refractivity contribution in [3.63, 3.8) is 0 Å². The number of nitrogens with one attached hydrogen (secondary N) is 1. The summed E-state index contributed by atoms with van der Waals surface area (Å²) in [5.41, 5.74) is 0. The minimum Gasteiger partial charge on any atom is -0.465 e. The Bertz CT molecular complexity index is 681. The van der Waals surface area contributed by atoms with Gasteiger partial charge in [0.05, 0.1) is 12.5 Å². The minimum absolute atomic E-state index is 0.00975. The summed E-state index contributed by atoms with van der Waals surface area (Å²) in [5.74, 6) is 1.16. The van der Waals surface area contributed by atoms with Gasteiger partial charge in [0.1, 0.15) is 5.76 Å². The van der Waals surface area contributed by atoms with Crippen LogP contribution in [0.15, 0.2) is 51.7 Å². The predicted molar refractivity (Wildman–Crippen MR) is 88.1 cm³/mol. The number of amides is 2. The van der Waals surface area contributed by atoms with E-state index in [1.807, 2.05) is 4.90 Å². The van der Waals surface area contributed by atoms with Crippen molar-refractivity contribution in [3.8, 4) is 0 Å². The molecule has 1 N–H and O–H groups in total. The quantitative estimate of drug-likeness (QED) is 0.856. The molecule has 0 aromatic carbocycles. The van der Waals surface area contributed by atoms with E-state index in [9.17, 15) is 9.59 Å². The normalized spacial score (nSPS) is 15.8. The Balaban J connectivity index is 1.40. The third-order valence-corrected chi connectivity index (χ3v) is 4.16. The summed E-state index contributed by atoms with van der Waals surface area (Å²) in [6, 6.07) is 6.92. The van der Waals surface area contributed by atoms with Gasteiger partial charge < -0.3 is 19.1 Å². The van der Waals surface area contributed by atoms with Crippen LogP contribution in [0, 0.1) is 5.92 Å². The van der Waals surface area contributed by atoms with Gasteiger partial charge in [-0.05, 0) is 49.1 Å². The molecule has 0 spiro atoms. The van der Waals surface area contributed by atoms with Crippen LogP contribution in [0.25, 0.3) is 6.08 Å². The smallest absolute Gasteiger partial charge is 0.286 e. The molecule has 1 saturated heterocycles. The van der Waals surface area contributed by atoms with Crippen LogP contribution in [-0.4, -0.2) is 36.3 Å². The van der Waals surface area contributed by atoms with Gasteiger partial charge in [0.15, 0.2) is 5.76 Å². The fourth-order valence-electron chi connectivity index (χ4n) is 2.73. The van der Waals surface area contributed by atoms with Crippen molar-refractivity contribution in [2.75, 3.05) is 19.6 Å². The van der Waals surface area contributed by atoms with Gasteiger partial charge in [-0.3, -0.25) is 9.59 Å². The van der Waals surface area contributed by atoms with Crippen molar-refractivity contribution in [2.24, 2.45) is 5.92 Å². The van der Waals surface area contributed by atoms with Crippen LogP contribution >= 0.6 is 0 Å². The Kier molecular flexibility index (Phi) is 5.15. The van der Waals surface area contributed by atoms with Gasteiger partial charge in [0, 0.05) is 25.7 Å². The number of carbonyl (C=O) groups excluding carboxylic acids is 2. The van der Waals surface area contributed by atoms with Crippen LogP contribution in [0.2, 0.25) is 0 Å². The van der Waals surface area contributed by atoms with E-state index in [1.54, 1.807) is 36.6 Å². The van der Waals surface area contributed by atoms with Crippen LogP contribution in [0.3, 0.4) is 0 Å². The topological polar surface area (TPSA) is 75.7 Å². The lowest BCUT2D eigenvalue weighted by Gasteiger charge is -2.31. The highest BCUT2D eigenvalue weighted by Gasteiger charge is 2.22. The Morgan fingerprint density at radius 1 is 1.17 bits per heavy atom. The second-order valence-electron chi connectivity index (χ2n) is 5.80. The molecule has 3 heterocycles. The summed E-state index contributed by atoms with van der Waals surface area (Å²) in [7, 11) is 0. The molecule has 2 amide bonds. The van der Waals surface area contributed by atoms with E-state index in [1.165, 1.54) is 12.3 Å². The van der Waals surface area contributed by atoms with Crippen molar-refractivity contribution < 1.29 is 18.4 Å². The van der Waals surface area contributed by atoms with Crippen LogP contribution in [0.1, 0.15) is 29.2 Å². The van der Waals surface area contributed by atoms with Crippen molar-refractivity contribution in [2.45, 2.75) is 12.8 Å². The van der Waals surface area contributed by atoms with Gasteiger partial charge in [-0.15, -0.1) is 0 Å². The number of furan rings is 2. The Hall–Kier alpha value is -2.76. The molecule has 24 heavy (non-hydrogen) atoms. The molecule has 0 saturated carbocycles. The summed E-state index contributed by atoms with van der Waals surface area (Å²) < 4.78 is 10.2. The average Bonchev–Trinajstić information content (AvgIpc) is 3.31. The summed E-state index contributed by atoms with van der Waals surface area (Å²) in [6.45, 7) is 2.00. The van der Waals surface area contributed by atoms with Crippen LogP contribution in [0.5, 0.6) is 0 Å². The fourth-order valence-corrected chi connectivity index (χ4v) is 2.73. The van der Waals surface area contributed by atoms with Crippen molar-refractivity contribution >= 4 is 17.9 Å². The number of piperidine rings is 1. The molecule has 6 nitrogen and oxygen atoms in total. The summed E-state index contributed by atoms with van der Waals surface area (Å²) in [5, 5.41) is 2.88. The minimum atomic E-state index is -0.195. The maximum atomic E-state index is 12.1. The molecule has 2 aromatic rings. The highest BCUT2D eigenvalue weighted by Crippen LogP contribution is 2.17. The van der Waals surface area contributed by atoms with E-state index in [2.05, 4.69) is 5.32 Å². The van der Waals surface area contributed by atoms with Crippen LogP contribution < -0.4 is 5.32 Å². The molecule has 0 radical (unpaired) electrons. The first-order valence-corrected chi connectivity index (χ1v) is 8.04. The van der Waals surface area contributed by atoms with Crippen molar-refractivity contribution in [1.29, 1.82) is 0 Å². The third kappa shape index (κ3) is 4.16. The number of carbonyl (C=O) groups is 2. The van der Waals surface area contributed by atoms with Gasteiger partial charge in [-0.2, -0.15) is 0 Å². The molecule has 3 rings (SSSR count). The van der Waals surface area contributed by atoms with Gasteiger partial charge in [-0.25, -0.2) is 0 Å². The Labute approximate surface area is 140 Å². The molecule has 126 valence electrons. The third-order valence-electron chi connectivity index (χ3n) is 4.16. The van der Waals surface area contributed by atoms with Gasteiger partial charge in [-0.1, -0.05) is 0 Å². The zero-order chi connectivity index (χ0) is 16.8. The molecule has 1 aliphatic heterocycles. The van der Waals surface area contributed by atoms with E-state index in [4.69, 9.17) is 8.83 Å². The second-order valence-corrected chi connectivity index (χ2v) is 5.80. The van der Waals surface area contributed by atoms with E-state index in [-0.39, 0.29) is 11.8 Å². The second kappa shape index (κ2) is 7.68. The SMILES string of the molecule is O=C(NCC1CCN(C(=O)C=Cc2ccco2)CC1)c1ccco1. The number of nitrogens with zero attached hydrogens (tertiary/aromatic N) is 1. The Morgan fingerprint density at radius 2 is 1.92 bits per heavy atom. The van der Waals surface area contributed by atoms with Crippen LogP contribution in [0.4, 0.5) is 0 Å². The zero-order valence-electron chi connectivity index (χ0n) is 13.3. The first-order valence-electron chi connectivity index (χ1n) is 8.04. The molecule has 1 fully saturated rings. The molecule has 1 aliphatic rings. The molecule has 0 bridgehead atoms. The van der Waals surface area contributed by atoms with E-state index < -0.39 is 0 Å². The van der Waals surface area contributed by atoms with E-state index >= 15 is 0 Å². The van der Waals surface area contributed by atoms with Crippen molar-refractivity contribution in [3.05, 3.63) is 54.4 Å².